The SMILES string of the molecule is Cc1cccc([C@H](C)NC(=O)c2cc(=O)cc(C)o2)n1. The lowest BCUT2D eigenvalue weighted by atomic mass is 10.2. The van der Waals surface area contributed by atoms with E-state index in [9.17, 15) is 9.59 Å². The van der Waals surface area contributed by atoms with Gasteiger partial charge in [-0.2, -0.15) is 0 Å². The Bertz CT molecular complexity index is 692. The fraction of sp³-hybridized carbons (Fsp3) is 0.267. The van der Waals surface area contributed by atoms with E-state index in [-0.39, 0.29) is 17.2 Å². The maximum Gasteiger partial charge on any atom is 0.287 e. The number of nitrogens with zero attached hydrogens (tertiary/aromatic N) is 1. The average Bonchev–Trinajstić information content (AvgIpc) is 2.37. The van der Waals surface area contributed by atoms with Gasteiger partial charge in [0.05, 0.1) is 11.7 Å². The molecule has 2 aromatic heterocycles. The number of amides is 1. The molecule has 0 unspecified atom stereocenters. The molecule has 5 heteroatoms. The molecule has 0 aliphatic heterocycles. The number of nitrogens with one attached hydrogen (secondary N) is 1. The number of rotatable bonds is 3. The molecule has 2 aromatic rings. The third-order valence-electron chi connectivity index (χ3n) is 2.81. The quantitative estimate of drug-likeness (QED) is 0.929. The third kappa shape index (κ3) is 3.32. The monoisotopic (exact) mass is 272 g/mol. The van der Waals surface area contributed by atoms with Gasteiger partial charge in [0.15, 0.2) is 11.2 Å². The van der Waals surface area contributed by atoms with Crippen LogP contribution < -0.4 is 10.7 Å². The first-order chi connectivity index (χ1) is 9.45. The van der Waals surface area contributed by atoms with E-state index < -0.39 is 5.91 Å². The van der Waals surface area contributed by atoms with Crippen molar-refractivity contribution in [1.82, 2.24) is 10.3 Å². The number of pyridine rings is 1. The molecule has 104 valence electrons. The van der Waals surface area contributed by atoms with Gasteiger partial charge in [-0.3, -0.25) is 14.6 Å². The van der Waals surface area contributed by atoms with Crippen LogP contribution in [0.3, 0.4) is 0 Å². The summed E-state index contributed by atoms with van der Waals surface area (Å²) in [7, 11) is 0. The molecule has 1 atom stereocenters. The maximum absolute atomic E-state index is 12.0. The van der Waals surface area contributed by atoms with Crippen LogP contribution in [0.5, 0.6) is 0 Å². The number of carbonyl (C=O) groups excluding carboxylic acids is 1. The Morgan fingerprint density at radius 1 is 1.30 bits per heavy atom. The molecule has 1 amide bonds. The van der Waals surface area contributed by atoms with Crippen molar-refractivity contribution >= 4 is 5.91 Å². The molecule has 2 heterocycles. The lowest BCUT2D eigenvalue weighted by Crippen LogP contribution is -2.28. The van der Waals surface area contributed by atoms with Crippen molar-refractivity contribution in [3.8, 4) is 0 Å². The minimum atomic E-state index is -0.429. The van der Waals surface area contributed by atoms with Crippen LogP contribution in [-0.4, -0.2) is 10.9 Å². The van der Waals surface area contributed by atoms with Gasteiger partial charge >= 0.3 is 0 Å². The number of hydrogen-bond acceptors (Lipinski definition) is 4. The molecular formula is C15H16N2O3. The summed E-state index contributed by atoms with van der Waals surface area (Å²) in [5.41, 5.74) is 1.39. The number of carbonyl (C=O) groups is 1. The number of aromatic nitrogens is 1. The van der Waals surface area contributed by atoms with E-state index in [1.807, 2.05) is 32.0 Å². The Kier molecular flexibility index (Phi) is 3.98. The normalized spacial score (nSPS) is 11.9. The first-order valence-corrected chi connectivity index (χ1v) is 6.32. The summed E-state index contributed by atoms with van der Waals surface area (Å²) < 4.78 is 5.25. The van der Waals surface area contributed by atoms with Gasteiger partial charge in [0, 0.05) is 17.8 Å². The Balaban J connectivity index is 2.17. The van der Waals surface area contributed by atoms with E-state index in [1.54, 1.807) is 6.92 Å². The predicted molar refractivity (Wildman–Crippen MR) is 74.6 cm³/mol. The first kappa shape index (κ1) is 14.0. The molecular weight excluding hydrogens is 256 g/mol. The van der Waals surface area contributed by atoms with Crippen LogP contribution in [0.1, 0.15) is 40.7 Å². The summed E-state index contributed by atoms with van der Waals surface area (Å²) in [6, 6.07) is 7.85. The van der Waals surface area contributed by atoms with Gasteiger partial charge in [0.2, 0.25) is 0 Å². The minimum Gasteiger partial charge on any atom is -0.456 e. The minimum absolute atomic E-state index is 0.00880. The first-order valence-electron chi connectivity index (χ1n) is 6.32. The summed E-state index contributed by atoms with van der Waals surface area (Å²) in [6.07, 6.45) is 0. The fourth-order valence-corrected chi connectivity index (χ4v) is 1.86. The molecule has 0 bridgehead atoms. The Morgan fingerprint density at radius 3 is 2.70 bits per heavy atom. The zero-order chi connectivity index (χ0) is 14.7. The molecule has 0 spiro atoms. The predicted octanol–water partition coefficient (Wildman–Crippen LogP) is 2.14. The highest BCUT2D eigenvalue weighted by atomic mass is 16.3. The van der Waals surface area contributed by atoms with E-state index in [0.717, 1.165) is 11.4 Å². The highest BCUT2D eigenvalue weighted by Gasteiger charge is 2.15. The average molecular weight is 272 g/mol. The summed E-state index contributed by atoms with van der Waals surface area (Å²) in [5, 5.41) is 2.76. The topological polar surface area (TPSA) is 72.2 Å². The number of aryl methyl sites for hydroxylation is 2. The lowest BCUT2D eigenvalue weighted by molar-refractivity contribution is 0.0907. The highest BCUT2D eigenvalue weighted by molar-refractivity contribution is 5.91. The second-order valence-electron chi connectivity index (χ2n) is 4.67. The molecule has 20 heavy (non-hydrogen) atoms. The standard InChI is InChI=1S/C15H16N2O3/c1-9-5-4-6-13(16-9)11(3)17-15(19)14-8-12(18)7-10(2)20-14/h4-8,11H,1-3H3,(H,17,19)/t11-/m0/s1. The molecule has 0 saturated carbocycles. The molecule has 1 N–H and O–H groups in total. The van der Waals surface area contributed by atoms with E-state index in [0.29, 0.717) is 5.76 Å². The van der Waals surface area contributed by atoms with E-state index in [4.69, 9.17) is 4.42 Å². The Morgan fingerprint density at radius 2 is 2.05 bits per heavy atom. The highest BCUT2D eigenvalue weighted by Crippen LogP contribution is 2.11. The summed E-state index contributed by atoms with van der Waals surface area (Å²) >= 11 is 0. The molecule has 0 radical (unpaired) electrons. The lowest BCUT2D eigenvalue weighted by Gasteiger charge is -2.13. The molecule has 5 nitrogen and oxygen atoms in total. The zero-order valence-corrected chi connectivity index (χ0v) is 11.6. The van der Waals surface area contributed by atoms with Crippen LogP contribution in [-0.2, 0) is 0 Å². The van der Waals surface area contributed by atoms with Crippen LogP contribution >= 0.6 is 0 Å². The van der Waals surface area contributed by atoms with Crippen molar-refractivity contribution in [2.45, 2.75) is 26.8 Å². The van der Waals surface area contributed by atoms with E-state index in [2.05, 4.69) is 10.3 Å². The van der Waals surface area contributed by atoms with Gasteiger partial charge < -0.3 is 9.73 Å². The Hall–Kier alpha value is -2.43. The third-order valence-corrected chi connectivity index (χ3v) is 2.81. The fourth-order valence-electron chi connectivity index (χ4n) is 1.86. The second-order valence-corrected chi connectivity index (χ2v) is 4.67. The summed E-state index contributed by atoms with van der Waals surface area (Å²) in [6.45, 7) is 5.34. The van der Waals surface area contributed by atoms with Gasteiger partial charge in [-0.25, -0.2) is 0 Å². The largest absolute Gasteiger partial charge is 0.456 e. The number of hydrogen-bond donors (Lipinski definition) is 1. The molecule has 0 aliphatic carbocycles. The van der Waals surface area contributed by atoms with Crippen molar-refractivity contribution in [3.63, 3.8) is 0 Å². The molecule has 0 saturated heterocycles. The molecule has 2 rings (SSSR count). The smallest absolute Gasteiger partial charge is 0.287 e. The van der Waals surface area contributed by atoms with Crippen molar-refractivity contribution in [2.75, 3.05) is 0 Å². The van der Waals surface area contributed by atoms with Gasteiger partial charge in [-0.15, -0.1) is 0 Å². The van der Waals surface area contributed by atoms with Gasteiger partial charge in [0.25, 0.3) is 5.91 Å². The van der Waals surface area contributed by atoms with Gasteiger partial charge in [-0.1, -0.05) is 6.07 Å². The summed E-state index contributed by atoms with van der Waals surface area (Å²) in [4.78, 5) is 27.8. The second kappa shape index (κ2) is 5.69. The summed E-state index contributed by atoms with van der Waals surface area (Å²) in [5.74, 6) is -0.0138. The van der Waals surface area contributed by atoms with Crippen molar-refractivity contribution in [1.29, 1.82) is 0 Å². The Labute approximate surface area is 116 Å². The van der Waals surface area contributed by atoms with Crippen LogP contribution in [0.25, 0.3) is 0 Å². The molecule has 0 aromatic carbocycles. The van der Waals surface area contributed by atoms with Gasteiger partial charge in [-0.05, 0) is 32.9 Å². The molecule has 0 aliphatic rings. The van der Waals surface area contributed by atoms with E-state index in [1.165, 1.54) is 12.1 Å². The van der Waals surface area contributed by atoms with Crippen LogP contribution in [0.4, 0.5) is 0 Å². The van der Waals surface area contributed by atoms with Crippen molar-refractivity contribution < 1.29 is 9.21 Å². The van der Waals surface area contributed by atoms with Crippen LogP contribution in [0, 0.1) is 13.8 Å². The maximum atomic E-state index is 12.0. The van der Waals surface area contributed by atoms with Crippen LogP contribution in [0.15, 0.2) is 39.5 Å². The zero-order valence-electron chi connectivity index (χ0n) is 11.6. The van der Waals surface area contributed by atoms with Gasteiger partial charge in [0.1, 0.15) is 5.76 Å². The van der Waals surface area contributed by atoms with Crippen LogP contribution in [0.2, 0.25) is 0 Å². The van der Waals surface area contributed by atoms with E-state index >= 15 is 0 Å². The molecule has 0 fully saturated rings. The van der Waals surface area contributed by atoms with Crippen molar-refractivity contribution in [3.05, 3.63) is 63.5 Å². The van der Waals surface area contributed by atoms with Crippen molar-refractivity contribution in [2.24, 2.45) is 0 Å².